The lowest BCUT2D eigenvalue weighted by atomic mass is 9.78. The first-order valence-electron chi connectivity index (χ1n) is 7.72. The van der Waals surface area contributed by atoms with Gasteiger partial charge in [-0.3, -0.25) is 0 Å². The van der Waals surface area contributed by atoms with Gasteiger partial charge in [0.2, 0.25) is 0 Å². The fourth-order valence-electron chi connectivity index (χ4n) is 2.85. The maximum atomic E-state index is 2.36. The van der Waals surface area contributed by atoms with Gasteiger partial charge in [0.15, 0.2) is 0 Å². The molecule has 1 rings (SSSR count). The van der Waals surface area contributed by atoms with Crippen LogP contribution in [0, 0.1) is 17.8 Å². The van der Waals surface area contributed by atoms with Gasteiger partial charge < -0.3 is 0 Å². The molecule has 0 aromatic rings. The maximum Gasteiger partial charge on any atom is -0.0412 e. The lowest BCUT2D eigenvalue weighted by molar-refractivity contribution is 0.243. The second-order valence-corrected chi connectivity index (χ2v) is 5.63. The molecule has 1 aliphatic rings. The van der Waals surface area contributed by atoms with Crippen molar-refractivity contribution in [3.05, 3.63) is 0 Å². The molecule has 2 unspecified atom stereocenters. The zero-order valence-electron chi connectivity index (χ0n) is 12.4. The highest BCUT2D eigenvalue weighted by Crippen LogP contribution is 2.33. The number of hydrogen-bond acceptors (Lipinski definition) is 0. The summed E-state index contributed by atoms with van der Waals surface area (Å²) in [6.45, 7) is 11.0. The van der Waals surface area contributed by atoms with Crippen molar-refractivity contribution < 1.29 is 0 Å². The highest BCUT2D eigenvalue weighted by Gasteiger charge is 2.20. The third kappa shape index (κ3) is 7.30. The van der Waals surface area contributed by atoms with Gasteiger partial charge >= 0.3 is 0 Å². The largest absolute Gasteiger partial charge is 0.0683 e. The summed E-state index contributed by atoms with van der Waals surface area (Å²) < 4.78 is 0. The average Bonchev–Trinajstić information content (AvgIpc) is 2.31. The van der Waals surface area contributed by atoms with Crippen LogP contribution in [0.2, 0.25) is 0 Å². The Morgan fingerprint density at radius 2 is 1.69 bits per heavy atom. The summed E-state index contributed by atoms with van der Waals surface area (Å²) in [5, 5.41) is 0. The van der Waals surface area contributed by atoms with Gasteiger partial charge in [0.25, 0.3) is 0 Å². The van der Waals surface area contributed by atoms with Crippen molar-refractivity contribution in [2.45, 2.75) is 86.0 Å². The molecule has 1 aliphatic carbocycles. The van der Waals surface area contributed by atoms with Gasteiger partial charge in [-0.2, -0.15) is 0 Å². The van der Waals surface area contributed by atoms with Crippen molar-refractivity contribution in [2.75, 3.05) is 0 Å². The van der Waals surface area contributed by atoms with Crippen molar-refractivity contribution in [3.8, 4) is 0 Å². The Balaban J connectivity index is 0.00000106. The van der Waals surface area contributed by atoms with Crippen LogP contribution >= 0.6 is 0 Å². The maximum absolute atomic E-state index is 2.36. The second-order valence-electron chi connectivity index (χ2n) is 5.63. The van der Waals surface area contributed by atoms with Crippen LogP contribution in [0.1, 0.15) is 86.0 Å². The van der Waals surface area contributed by atoms with Crippen LogP contribution in [0.25, 0.3) is 0 Å². The van der Waals surface area contributed by atoms with E-state index in [1.165, 1.54) is 51.4 Å². The first-order chi connectivity index (χ1) is 7.72. The Morgan fingerprint density at radius 3 is 2.25 bits per heavy atom. The second kappa shape index (κ2) is 10.2. The zero-order chi connectivity index (χ0) is 12.4. The van der Waals surface area contributed by atoms with Gasteiger partial charge in [-0.05, 0) is 24.2 Å². The Hall–Kier alpha value is 0. The number of hydrogen-bond donors (Lipinski definition) is 0. The summed E-state index contributed by atoms with van der Waals surface area (Å²) in [5.74, 6) is 3.04. The van der Waals surface area contributed by atoms with Gasteiger partial charge in [-0.15, -0.1) is 0 Å². The average molecular weight is 226 g/mol. The van der Waals surface area contributed by atoms with Crippen LogP contribution in [0.4, 0.5) is 0 Å². The van der Waals surface area contributed by atoms with Gasteiger partial charge in [0.05, 0.1) is 0 Å². The molecular formula is C16H34. The van der Waals surface area contributed by atoms with Gasteiger partial charge in [-0.1, -0.05) is 79.6 Å². The lowest BCUT2D eigenvalue weighted by Gasteiger charge is -2.28. The lowest BCUT2D eigenvalue weighted by Crippen LogP contribution is -2.15. The summed E-state index contributed by atoms with van der Waals surface area (Å²) in [5.41, 5.74) is 0. The van der Waals surface area contributed by atoms with Crippen LogP contribution in [-0.2, 0) is 0 Å². The van der Waals surface area contributed by atoms with E-state index >= 15 is 0 Å². The van der Waals surface area contributed by atoms with Crippen LogP contribution in [0.3, 0.4) is 0 Å². The first-order valence-corrected chi connectivity index (χ1v) is 7.72. The Labute approximate surface area is 104 Å². The quantitative estimate of drug-likeness (QED) is 0.535. The topological polar surface area (TPSA) is 0 Å². The number of rotatable bonds is 5. The molecule has 0 saturated heterocycles. The molecule has 0 amide bonds. The molecule has 1 saturated carbocycles. The highest BCUT2D eigenvalue weighted by molar-refractivity contribution is 4.72. The zero-order valence-corrected chi connectivity index (χ0v) is 12.4. The van der Waals surface area contributed by atoms with Crippen molar-refractivity contribution in [1.82, 2.24) is 0 Å². The summed E-state index contributed by atoms with van der Waals surface area (Å²) >= 11 is 0. The Morgan fingerprint density at radius 1 is 1.06 bits per heavy atom. The molecule has 0 N–H and O–H groups in total. The van der Waals surface area contributed by atoms with Crippen LogP contribution < -0.4 is 0 Å². The molecule has 0 heteroatoms. The molecule has 0 radical (unpaired) electrons. The van der Waals surface area contributed by atoms with E-state index in [2.05, 4.69) is 20.8 Å². The first kappa shape index (κ1) is 16.0. The molecule has 0 aliphatic heterocycles. The minimum Gasteiger partial charge on any atom is -0.0683 e. The monoisotopic (exact) mass is 226 g/mol. The smallest absolute Gasteiger partial charge is 0.0412 e. The van der Waals surface area contributed by atoms with E-state index in [9.17, 15) is 0 Å². The van der Waals surface area contributed by atoms with E-state index < -0.39 is 0 Å². The van der Waals surface area contributed by atoms with E-state index in [0.717, 1.165) is 17.8 Å². The summed E-state index contributed by atoms with van der Waals surface area (Å²) in [6.07, 6.45) is 11.9. The predicted molar refractivity (Wildman–Crippen MR) is 75.8 cm³/mol. The van der Waals surface area contributed by atoms with Crippen molar-refractivity contribution in [1.29, 1.82) is 0 Å². The molecular weight excluding hydrogens is 192 g/mol. The molecule has 16 heavy (non-hydrogen) atoms. The van der Waals surface area contributed by atoms with Crippen LogP contribution in [0.15, 0.2) is 0 Å². The third-order valence-corrected chi connectivity index (χ3v) is 3.86. The van der Waals surface area contributed by atoms with Crippen molar-refractivity contribution >= 4 is 0 Å². The minimum absolute atomic E-state index is 0.903. The van der Waals surface area contributed by atoms with Gasteiger partial charge in [0.1, 0.15) is 0 Å². The van der Waals surface area contributed by atoms with E-state index in [4.69, 9.17) is 0 Å². The van der Waals surface area contributed by atoms with E-state index in [0.29, 0.717) is 0 Å². The van der Waals surface area contributed by atoms with Crippen molar-refractivity contribution in [2.24, 2.45) is 17.8 Å². The molecule has 0 aromatic heterocycles. The van der Waals surface area contributed by atoms with E-state index in [-0.39, 0.29) is 0 Å². The summed E-state index contributed by atoms with van der Waals surface area (Å²) in [6, 6.07) is 0. The fourth-order valence-corrected chi connectivity index (χ4v) is 2.85. The predicted octanol–water partition coefficient (Wildman–Crippen LogP) is 6.06. The summed E-state index contributed by atoms with van der Waals surface area (Å²) in [7, 11) is 0. The molecule has 0 spiro atoms. The molecule has 2 atom stereocenters. The standard InChI is InChI=1S/C14H28.C2H6/c1-4-13-8-6-10-14(11-13)9-5-7-12(2)3;1-2/h12-14H,4-11H2,1-3H3;1-2H3. The van der Waals surface area contributed by atoms with Gasteiger partial charge in [0, 0.05) is 0 Å². The molecule has 0 bridgehead atoms. The highest BCUT2D eigenvalue weighted by atomic mass is 14.3. The normalized spacial score (nSPS) is 25.1. The third-order valence-electron chi connectivity index (χ3n) is 3.86. The molecule has 0 aromatic carbocycles. The SMILES string of the molecule is CC.CCC1CCCC(CCCC(C)C)C1. The Kier molecular flexibility index (Phi) is 10.2. The molecule has 98 valence electrons. The van der Waals surface area contributed by atoms with Crippen LogP contribution in [0.5, 0.6) is 0 Å². The van der Waals surface area contributed by atoms with Gasteiger partial charge in [-0.25, -0.2) is 0 Å². The van der Waals surface area contributed by atoms with E-state index in [1.54, 1.807) is 0 Å². The molecule has 0 nitrogen and oxygen atoms in total. The van der Waals surface area contributed by atoms with Crippen LogP contribution in [-0.4, -0.2) is 0 Å². The molecule has 1 fully saturated rings. The Bertz CT molecular complexity index is 137. The molecule has 0 heterocycles. The minimum atomic E-state index is 0.903. The fraction of sp³-hybridized carbons (Fsp3) is 1.00. The van der Waals surface area contributed by atoms with E-state index in [1.807, 2.05) is 13.8 Å². The van der Waals surface area contributed by atoms with Crippen molar-refractivity contribution in [3.63, 3.8) is 0 Å². The summed E-state index contributed by atoms with van der Waals surface area (Å²) in [4.78, 5) is 0.